The lowest BCUT2D eigenvalue weighted by Gasteiger charge is -2.16. The molecule has 0 aromatic rings. The number of carbonyl (C=O) groups excluding carboxylic acids is 2. The van der Waals surface area contributed by atoms with Gasteiger partial charge in [-0.05, 0) is 6.92 Å². The molecule has 1 heterocycles. The summed E-state index contributed by atoms with van der Waals surface area (Å²) in [5.41, 5.74) is 0. The van der Waals surface area contributed by atoms with Gasteiger partial charge in [-0.25, -0.2) is 0 Å². The van der Waals surface area contributed by atoms with Gasteiger partial charge >= 0.3 is 5.97 Å². The Bertz CT molecular complexity index is 344. The van der Waals surface area contributed by atoms with Gasteiger partial charge in [-0.1, -0.05) is 0 Å². The van der Waals surface area contributed by atoms with Gasteiger partial charge in [-0.3, -0.25) is 14.4 Å². The van der Waals surface area contributed by atoms with E-state index in [9.17, 15) is 14.4 Å². The summed E-state index contributed by atoms with van der Waals surface area (Å²) in [6, 6.07) is -0.944. The number of hydrogen-bond acceptors (Lipinski definition) is 4. The first-order valence-electron chi connectivity index (χ1n) is 5.75. The van der Waals surface area contributed by atoms with Crippen molar-refractivity contribution in [3.63, 3.8) is 0 Å². The number of carboxylic acid groups (broad SMARTS) is 1. The highest BCUT2D eigenvalue weighted by molar-refractivity contribution is 5.91. The molecule has 0 spiro atoms. The van der Waals surface area contributed by atoms with E-state index in [0.717, 1.165) is 0 Å². The molecule has 1 aliphatic rings. The predicted octanol–water partition coefficient (Wildman–Crippen LogP) is -0.929. The van der Waals surface area contributed by atoms with Gasteiger partial charge in [0, 0.05) is 26.6 Å². The number of nitrogens with one attached hydrogen (secondary N) is 1. The van der Waals surface area contributed by atoms with Crippen molar-refractivity contribution in [2.75, 3.05) is 26.8 Å². The first-order chi connectivity index (χ1) is 8.45. The molecule has 7 nitrogen and oxygen atoms in total. The van der Waals surface area contributed by atoms with Crippen molar-refractivity contribution in [3.05, 3.63) is 0 Å². The minimum atomic E-state index is -1.09. The highest BCUT2D eigenvalue weighted by atomic mass is 16.5. The van der Waals surface area contributed by atoms with E-state index in [1.54, 1.807) is 12.0 Å². The van der Waals surface area contributed by atoms with Gasteiger partial charge < -0.3 is 20.1 Å². The van der Waals surface area contributed by atoms with Crippen molar-refractivity contribution in [3.8, 4) is 0 Å². The van der Waals surface area contributed by atoms with E-state index in [1.165, 1.54) is 6.92 Å². The van der Waals surface area contributed by atoms with Gasteiger partial charge in [0.1, 0.15) is 6.04 Å². The van der Waals surface area contributed by atoms with E-state index >= 15 is 0 Å². The van der Waals surface area contributed by atoms with Crippen molar-refractivity contribution < 1.29 is 24.2 Å². The third-order valence-corrected chi connectivity index (χ3v) is 2.88. The largest absolute Gasteiger partial charge is 0.480 e. The second kappa shape index (κ2) is 6.34. The van der Waals surface area contributed by atoms with Crippen LogP contribution in [0.3, 0.4) is 0 Å². The first kappa shape index (κ1) is 14.4. The molecular formula is C11H18N2O5. The van der Waals surface area contributed by atoms with Gasteiger partial charge in [0.25, 0.3) is 0 Å². The number of rotatable bonds is 6. The number of nitrogens with zero attached hydrogens (tertiary/aromatic N) is 1. The Kier molecular flexibility index (Phi) is 5.08. The van der Waals surface area contributed by atoms with Crippen LogP contribution in [0.4, 0.5) is 0 Å². The fraction of sp³-hybridized carbons (Fsp3) is 0.727. The summed E-state index contributed by atoms with van der Waals surface area (Å²) in [5, 5.41) is 11.1. The number of methoxy groups -OCH3 is 1. The van der Waals surface area contributed by atoms with Crippen molar-refractivity contribution >= 4 is 17.8 Å². The second-order valence-corrected chi connectivity index (χ2v) is 4.30. The van der Waals surface area contributed by atoms with Crippen molar-refractivity contribution in [1.29, 1.82) is 0 Å². The maximum absolute atomic E-state index is 11.7. The van der Waals surface area contributed by atoms with Gasteiger partial charge in [-0.15, -0.1) is 0 Å². The predicted molar refractivity (Wildman–Crippen MR) is 61.8 cm³/mol. The van der Waals surface area contributed by atoms with Crippen LogP contribution in [-0.4, -0.2) is 60.6 Å². The molecule has 0 radical (unpaired) electrons. The first-order valence-corrected chi connectivity index (χ1v) is 5.75. The van der Waals surface area contributed by atoms with Gasteiger partial charge in [-0.2, -0.15) is 0 Å². The molecule has 0 saturated carbocycles. The SMILES string of the molecule is COCCN1C[C@H](C(=O)N[C@@H](C)C(=O)O)CC1=O. The van der Waals surface area contributed by atoms with E-state index in [1.807, 2.05) is 0 Å². The standard InChI is InChI=1S/C11H18N2O5/c1-7(11(16)17)12-10(15)8-5-9(14)13(6-8)3-4-18-2/h7-8H,3-6H2,1-2H3,(H,12,15)(H,16,17)/t7-,8+/m0/s1. The number of aliphatic carboxylic acids is 1. The van der Waals surface area contributed by atoms with Crippen LogP contribution >= 0.6 is 0 Å². The van der Waals surface area contributed by atoms with Crippen LogP contribution in [0.5, 0.6) is 0 Å². The molecule has 1 fully saturated rings. The molecule has 2 N–H and O–H groups in total. The zero-order valence-corrected chi connectivity index (χ0v) is 10.5. The lowest BCUT2D eigenvalue weighted by Crippen LogP contribution is -2.42. The summed E-state index contributed by atoms with van der Waals surface area (Å²) >= 11 is 0. The fourth-order valence-corrected chi connectivity index (χ4v) is 1.76. The van der Waals surface area contributed by atoms with Crippen LogP contribution in [0.1, 0.15) is 13.3 Å². The Hall–Kier alpha value is -1.63. The summed E-state index contributed by atoms with van der Waals surface area (Å²) < 4.78 is 4.87. The van der Waals surface area contributed by atoms with Gasteiger partial charge in [0.15, 0.2) is 0 Å². The third kappa shape index (κ3) is 3.69. The molecule has 7 heteroatoms. The van der Waals surface area contributed by atoms with Crippen molar-refractivity contribution in [2.24, 2.45) is 5.92 Å². The molecule has 0 bridgehead atoms. The summed E-state index contributed by atoms with van der Waals surface area (Å²) in [6.45, 7) is 2.58. The van der Waals surface area contributed by atoms with Crippen LogP contribution < -0.4 is 5.32 Å². The number of carboxylic acids is 1. The number of hydrogen-bond donors (Lipinski definition) is 2. The van der Waals surface area contributed by atoms with Gasteiger partial charge in [0.05, 0.1) is 12.5 Å². The number of carbonyl (C=O) groups is 3. The Balaban J connectivity index is 2.47. The van der Waals surface area contributed by atoms with Gasteiger partial charge in [0.2, 0.25) is 11.8 Å². The Morgan fingerprint density at radius 3 is 2.83 bits per heavy atom. The molecule has 2 atom stereocenters. The second-order valence-electron chi connectivity index (χ2n) is 4.30. The molecule has 0 aromatic heterocycles. The summed E-state index contributed by atoms with van der Waals surface area (Å²) in [6.07, 6.45) is 0.127. The lowest BCUT2D eigenvalue weighted by atomic mass is 10.1. The van der Waals surface area contributed by atoms with Crippen molar-refractivity contribution in [2.45, 2.75) is 19.4 Å². The molecule has 2 amide bonds. The smallest absolute Gasteiger partial charge is 0.325 e. The van der Waals surface area contributed by atoms with E-state index < -0.39 is 23.8 Å². The third-order valence-electron chi connectivity index (χ3n) is 2.88. The Morgan fingerprint density at radius 2 is 2.28 bits per heavy atom. The zero-order valence-electron chi connectivity index (χ0n) is 10.5. The fourth-order valence-electron chi connectivity index (χ4n) is 1.76. The van der Waals surface area contributed by atoms with Crippen molar-refractivity contribution in [1.82, 2.24) is 10.2 Å². The Morgan fingerprint density at radius 1 is 1.61 bits per heavy atom. The summed E-state index contributed by atoms with van der Waals surface area (Å²) in [5.74, 6) is -2.06. The highest BCUT2D eigenvalue weighted by Crippen LogP contribution is 2.17. The molecule has 0 aromatic carbocycles. The van der Waals surface area contributed by atoms with Crippen LogP contribution in [-0.2, 0) is 19.1 Å². The summed E-state index contributed by atoms with van der Waals surface area (Å²) in [4.78, 5) is 35.5. The minimum absolute atomic E-state index is 0.102. The van der Waals surface area contributed by atoms with E-state index in [2.05, 4.69) is 5.32 Å². The molecular weight excluding hydrogens is 240 g/mol. The molecule has 1 aliphatic heterocycles. The van der Waals surface area contributed by atoms with Crippen LogP contribution in [0.2, 0.25) is 0 Å². The molecule has 18 heavy (non-hydrogen) atoms. The molecule has 102 valence electrons. The average molecular weight is 258 g/mol. The number of likely N-dealkylation sites (tertiary alicyclic amines) is 1. The van der Waals surface area contributed by atoms with Crippen LogP contribution in [0.25, 0.3) is 0 Å². The van der Waals surface area contributed by atoms with Crippen LogP contribution in [0, 0.1) is 5.92 Å². The number of ether oxygens (including phenoxy) is 1. The molecule has 1 rings (SSSR count). The zero-order chi connectivity index (χ0) is 13.7. The van der Waals surface area contributed by atoms with E-state index in [-0.39, 0.29) is 12.3 Å². The Labute approximate surface area is 105 Å². The van der Waals surface area contributed by atoms with Crippen LogP contribution in [0.15, 0.2) is 0 Å². The number of amides is 2. The maximum Gasteiger partial charge on any atom is 0.325 e. The average Bonchev–Trinajstić information content (AvgIpc) is 2.68. The highest BCUT2D eigenvalue weighted by Gasteiger charge is 2.34. The quantitative estimate of drug-likeness (QED) is 0.641. The van der Waals surface area contributed by atoms with E-state index in [4.69, 9.17) is 9.84 Å². The normalized spacial score (nSPS) is 20.9. The molecule has 0 unspecified atom stereocenters. The topological polar surface area (TPSA) is 95.9 Å². The maximum atomic E-state index is 11.7. The monoisotopic (exact) mass is 258 g/mol. The summed E-state index contributed by atoms with van der Waals surface area (Å²) in [7, 11) is 1.54. The molecule has 1 saturated heterocycles. The molecule has 0 aliphatic carbocycles. The minimum Gasteiger partial charge on any atom is -0.480 e. The lowest BCUT2D eigenvalue weighted by molar-refractivity contribution is -0.141. The van der Waals surface area contributed by atoms with E-state index in [0.29, 0.717) is 19.7 Å².